The van der Waals surface area contributed by atoms with Crippen LogP contribution in [0.2, 0.25) is 0 Å². The first-order valence-corrected chi connectivity index (χ1v) is 8.92. The highest BCUT2D eigenvalue weighted by atomic mass is 16.5. The Kier molecular flexibility index (Phi) is 5.78. The number of hydrogen-bond donors (Lipinski definition) is 1. The molecule has 0 bridgehead atoms. The van der Waals surface area contributed by atoms with Crippen LogP contribution >= 0.6 is 0 Å². The van der Waals surface area contributed by atoms with Crippen molar-refractivity contribution < 1.29 is 14.3 Å². The van der Waals surface area contributed by atoms with Crippen LogP contribution in [0.3, 0.4) is 0 Å². The number of methoxy groups -OCH3 is 2. The van der Waals surface area contributed by atoms with Gasteiger partial charge in [-0.15, -0.1) is 0 Å². The molecule has 0 saturated carbocycles. The zero-order valence-electron chi connectivity index (χ0n) is 15.6. The zero-order chi connectivity index (χ0) is 18.5. The van der Waals surface area contributed by atoms with E-state index in [1.54, 1.807) is 14.2 Å². The molecule has 1 heterocycles. The van der Waals surface area contributed by atoms with Crippen molar-refractivity contribution in [1.82, 2.24) is 10.2 Å². The van der Waals surface area contributed by atoms with E-state index in [9.17, 15) is 4.79 Å². The largest absolute Gasteiger partial charge is 0.497 e. The van der Waals surface area contributed by atoms with E-state index in [0.717, 1.165) is 48.6 Å². The minimum Gasteiger partial charge on any atom is -0.497 e. The Balaban J connectivity index is 1.78. The number of amides is 1. The summed E-state index contributed by atoms with van der Waals surface area (Å²) in [6, 6.07) is 13.6. The van der Waals surface area contributed by atoms with Crippen LogP contribution in [0.15, 0.2) is 42.5 Å². The third-order valence-electron chi connectivity index (χ3n) is 4.86. The standard InChI is InChI=1S/C21H26N2O3/c1-23-9-7-18(8-10-23)22-21(24)16-6-4-5-15(11-16)17-12-19(25-2)14-20(13-17)26-3/h4-6,11-14,18H,7-10H2,1-3H3,(H,22,24). The van der Waals surface area contributed by atoms with Gasteiger partial charge in [0.1, 0.15) is 11.5 Å². The Morgan fingerprint density at radius 3 is 2.27 bits per heavy atom. The molecule has 0 atom stereocenters. The number of piperidine rings is 1. The second kappa shape index (κ2) is 8.23. The number of rotatable bonds is 5. The van der Waals surface area contributed by atoms with Crippen molar-refractivity contribution in [3.63, 3.8) is 0 Å². The summed E-state index contributed by atoms with van der Waals surface area (Å²) in [4.78, 5) is 14.9. The molecule has 1 aliphatic heterocycles. The second-order valence-corrected chi connectivity index (χ2v) is 6.73. The monoisotopic (exact) mass is 354 g/mol. The molecule has 1 saturated heterocycles. The Morgan fingerprint density at radius 1 is 1.00 bits per heavy atom. The van der Waals surface area contributed by atoms with Gasteiger partial charge < -0.3 is 19.7 Å². The molecule has 26 heavy (non-hydrogen) atoms. The molecule has 5 heteroatoms. The molecule has 1 aliphatic rings. The van der Waals surface area contributed by atoms with Gasteiger partial charge in [0.05, 0.1) is 14.2 Å². The minimum atomic E-state index is -0.0173. The Bertz CT molecular complexity index is 745. The highest BCUT2D eigenvalue weighted by molar-refractivity contribution is 5.95. The van der Waals surface area contributed by atoms with E-state index < -0.39 is 0 Å². The highest BCUT2D eigenvalue weighted by Gasteiger charge is 2.19. The number of carbonyl (C=O) groups is 1. The number of nitrogens with zero attached hydrogens (tertiary/aromatic N) is 1. The lowest BCUT2D eigenvalue weighted by atomic mass is 10.0. The summed E-state index contributed by atoms with van der Waals surface area (Å²) in [5.41, 5.74) is 2.58. The fourth-order valence-electron chi connectivity index (χ4n) is 3.24. The SMILES string of the molecule is COc1cc(OC)cc(-c2cccc(C(=O)NC3CCN(C)CC3)c2)c1. The topological polar surface area (TPSA) is 50.8 Å². The molecule has 0 spiro atoms. The van der Waals surface area contributed by atoms with Gasteiger partial charge in [-0.05, 0) is 68.4 Å². The fourth-order valence-corrected chi connectivity index (χ4v) is 3.24. The van der Waals surface area contributed by atoms with Gasteiger partial charge in [0.25, 0.3) is 5.91 Å². The van der Waals surface area contributed by atoms with Crippen molar-refractivity contribution in [1.29, 1.82) is 0 Å². The summed E-state index contributed by atoms with van der Waals surface area (Å²) in [5.74, 6) is 1.43. The molecule has 138 valence electrons. The van der Waals surface area contributed by atoms with Crippen LogP contribution < -0.4 is 14.8 Å². The Morgan fingerprint density at radius 2 is 1.65 bits per heavy atom. The van der Waals surface area contributed by atoms with E-state index in [0.29, 0.717) is 5.56 Å². The maximum absolute atomic E-state index is 12.7. The number of hydrogen-bond acceptors (Lipinski definition) is 4. The number of ether oxygens (including phenoxy) is 2. The maximum atomic E-state index is 12.7. The average Bonchev–Trinajstić information content (AvgIpc) is 2.69. The molecule has 1 amide bonds. The molecule has 0 radical (unpaired) electrons. The molecule has 0 aliphatic carbocycles. The molecule has 2 aromatic carbocycles. The van der Waals surface area contributed by atoms with Gasteiger partial charge >= 0.3 is 0 Å². The summed E-state index contributed by atoms with van der Waals surface area (Å²) < 4.78 is 10.7. The quantitative estimate of drug-likeness (QED) is 0.896. The van der Waals surface area contributed by atoms with Crippen LogP contribution in [0, 0.1) is 0 Å². The number of carbonyl (C=O) groups excluding carboxylic acids is 1. The van der Waals surface area contributed by atoms with E-state index in [-0.39, 0.29) is 11.9 Å². The first-order valence-electron chi connectivity index (χ1n) is 8.92. The van der Waals surface area contributed by atoms with Crippen LogP contribution in [0.4, 0.5) is 0 Å². The first-order chi connectivity index (χ1) is 12.6. The molecular formula is C21H26N2O3. The lowest BCUT2D eigenvalue weighted by Crippen LogP contribution is -2.43. The molecule has 0 unspecified atom stereocenters. The van der Waals surface area contributed by atoms with Crippen LogP contribution in [0.5, 0.6) is 11.5 Å². The van der Waals surface area contributed by atoms with Crippen LogP contribution in [-0.4, -0.2) is 51.2 Å². The molecule has 1 fully saturated rings. The Hall–Kier alpha value is -2.53. The Labute approximate surface area is 154 Å². The van der Waals surface area contributed by atoms with E-state index in [1.807, 2.05) is 42.5 Å². The van der Waals surface area contributed by atoms with Crippen molar-refractivity contribution >= 4 is 5.91 Å². The van der Waals surface area contributed by atoms with Crippen molar-refractivity contribution in [2.24, 2.45) is 0 Å². The molecule has 3 rings (SSSR count). The molecule has 2 aromatic rings. The van der Waals surface area contributed by atoms with Gasteiger partial charge in [0.15, 0.2) is 0 Å². The predicted molar refractivity (Wildman–Crippen MR) is 103 cm³/mol. The van der Waals surface area contributed by atoms with Crippen molar-refractivity contribution in [2.75, 3.05) is 34.4 Å². The lowest BCUT2D eigenvalue weighted by molar-refractivity contribution is 0.0917. The number of likely N-dealkylation sites (tertiary alicyclic amines) is 1. The summed E-state index contributed by atoms with van der Waals surface area (Å²) in [6.45, 7) is 2.04. The van der Waals surface area contributed by atoms with E-state index in [2.05, 4.69) is 17.3 Å². The minimum absolute atomic E-state index is 0.0173. The molecular weight excluding hydrogens is 328 g/mol. The average molecular weight is 354 g/mol. The van der Waals surface area contributed by atoms with Crippen LogP contribution in [-0.2, 0) is 0 Å². The smallest absolute Gasteiger partial charge is 0.251 e. The van der Waals surface area contributed by atoms with Crippen LogP contribution in [0.25, 0.3) is 11.1 Å². The summed E-state index contributed by atoms with van der Waals surface area (Å²) in [7, 11) is 5.37. The van der Waals surface area contributed by atoms with Crippen molar-refractivity contribution in [3.8, 4) is 22.6 Å². The predicted octanol–water partition coefficient (Wildman–Crippen LogP) is 3.19. The third kappa shape index (κ3) is 4.35. The maximum Gasteiger partial charge on any atom is 0.251 e. The fraction of sp³-hybridized carbons (Fsp3) is 0.381. The van der Waals surface area contributed by atoms with Gasteiger partial charge in [0, 0.05) is 17.7 Å². The van der Waals surface area contributed by atoms with Crippen molar-refractivity contribution in [2.45, 2.75) is 18.9 Å². The van der Waals surface area contributed by atoms with Gasteiger partial charge in [-0.3, -0.25) is 4.79 Å². The number of nitrogens with one attached hydrogen (secondary N) is 1. The first kappa shape index (κ1) is 18.3. The number of benzene rings is 2. The van der Waals surface area contributed by atoms with Crippen molar-refractivity contribution in [3.05, 3.63) is 48.0 Å². The van der Waals surface area contributed by atoms with E-state index in [4.69, 9.17) is 9.47 Å². The zero-order valence-corrected chi connectivity index (χ0v) is 15.6. The highest BCUT2D eigenvalue weighted by Crippen LogP contribution is 2.30. The normalized spacial score (nSPS) is 15.5. The molecule has 0 aromatic heterocycles. The van der Waals surface area contributed by atoms with Gasteiger partial charge in [-0.25, -0.2) is 0 Å². The van der Waals surface area contributed by atoms with Gasteiger partial charge in [-0.1, -0.05) is 12.1 Å². The molecule has 5 nitrogen and oxygen atoms in total. The second-order valence-electron chi connectivity index (χ2n) is 6.73. The summed E-state index contributed by atoms with van der Waals surface area (Å²) >= 11 is 0. The van der Waals surface area contributed by atoms with Crippen LogP contribution in [0.1, 0.15) is 23.2 Å². The molecule has 1 N–H and O–H groups in total. The van der Waals surface area contributed by atoms with E-state index >= 15 is 0 Å². The third-order valence-corrected chi connectivity index (χ3v) is 4.86. The summed E-state index contributed by atoms with van der Waals surface area (Å²) in [5, 5.41) is 3.16. The summed E-state index contributed by atoms with van der Waals surface area (Å²) in [6.07, 6.45) is 1.99. The van der Waals surface area contributed by atoms with E-state index in [1.165, 1.54) is 0 Å². The lowest BCUT2D eigenvalue weighted by Gasteiger charge is -2.29. The van der Waals surface area contributed by atoms with Gasteiger partial charge in [-0.2, -0.15) is 0 Å². The van der Waals surface area contributed by atoms with Gasteiger partial charge in [0.2, 0.25) is 0 Å².